The van der Waals surface area contributed by atoms with Crippen molar-refractivity contribution in [2.24, 2.45) is 0 Å². The van der Waals surface area contributed by atoms with Crippen molar-refractivity contribution < 1.29 is 14.0 Å². The summed E-state index contributed by atoms with van der Waals surface area (Å²) >= 11 is 10.4. The molecule has 0 aliphatic carbocycles. The third-order valence-electron chi connectivity index (χ3n) is 2.23. The van der Waals surface area contributed by atoms with Crippen LogP contribution in [0.15, 0.2) is 23.8 Å². The highest BCUT2D eigenvalue weighted by Crippen LogP contribution is 2.22. The minimum Gasteiger partial charge on any atom is -0.299 e. The molecule has 4 nitrogen and oxygen atoms in total. The van der Waals surface area contributed by atoms with Crippen LogP contribution in [0, 0.1) is 5.82 Å². The molecule has 92 valence electrons. The second-order valence-electron chi connectivity index (χ2n) is 3.43. The molecule has 2 amide bonds. The van der Waals surface area contributed by atoms with Gasteiger partial charge >= 0.3 is 0 Å². The van der Waals surface area contributed by atoms with Gasteiger partial charge in [-0.15, -0.1) is 0 Å². The molecule has 1 aromatic carbocycles. The maximum atomic E-state index is 13.5. The molecule has 7 heteroatoms. The van der Waals surface area contributed by atoms with Gasteiger partial charge < -0.3 is 0 Å². The highest BCUT2D eigenvalue weighted by molar-refractivity contribution is 7.80. The van der Waals surface area contributed by atoms with E-state index < -0.39 is 17.6 Å². The van der Waals surface area contributed by atoms with Gasteiger partial charge in [0.05, 0.1) is 5.02 Å². The fourth-order valence-corrected chi connectivity index (χ4v) is 1.80. The number of carbonyl (C=O) groups excluding carboxylic acids is 2. The van der Waals surface area contributed by atoms with Gasteiger partial charge in [0.1, 0.15) is 11.4 Å². The zero-order chi connectivity index (χ0) is 13.3. The van der Waals surface area contributed by atoms with Gasteiger partial charge in [0.25, 0.3) is 11.8 Å². The summed E-state index contributed by atoms with van der Waals surface area (Å²) in [7, 11) is 0. The first-order chi connectivity index (χ1) is 8.49. The summed E-state index contributed by atoms with van der Waals surface area (Å²) in [6.45, 7) is 0. The molecule has 2 rings (SSSR count). The molecule has 0 unspecified atom stereocenters. The van der Waals surface area contributed by atoms with Crippen molar-refractivity contribution >= 4 is 46.8 Å². The molecule has 18 heavy (non-hydrogen) atoms. The predicted octanol–water partition coefficient (Wildman–Crippen LogP) is 1.39. The number of thiocarbonyl (C=S) groups is 1. The standard InChI is InChI=1S/C11H6ClFN2O2S/c12-7-2-1-3-8(13)5(7)4-6-9(16)14-11(18)15-10(6)17/h1-4H,(H2,14,15,16,17,18). The van der Waals surface area contributed by atoms with Gasteiger partial charge in [-0.3, -0.25) is 20.2 Å². The van der Waals surface area contributed by atoms with E-state index in [9.17, 15) is 14.0 Å². The van der Waals surface area contributed by atoms with Crippen molar-refractivity contribution in [1.82, 2.24) is 10.6 Å². The SMILES string of the molecule is O=C1NC(=S)NC(=O)C1=Cc1c(F)cccc1Cl. The van der Waals surface area contributed by atoms with E-state index in [4.69, 9.17) is 11.6 Å². The maximum Gasteiger partial charge on any atom is 0.263 e. The molecular weight excluding hydrogens is 279 g/mol. The quantitative estimate of drug-likeness (QED) is 0.465. The molecule has 1 aliphatic heterocycles. The first-order valence-corrected chi connectivity index (χ1v) is 5.60. The number of rotatable bonds is 1. The minimum atomic E-state index is -0.692. The summed E-state index contributed by atoms with van der Waals surface area (Å²) in [5.41, 5.74) is -0.275. The van der Waals surface area contributed by atoms with Crippen molar-refractivity contribution in [2.75, 3.05) is 0 Å². The number of benzene rings is 1. The Labute approximate surface area is 112 Å². The lowest BCUT2D eigenvalue weighted by Crippen LogP contribution is -2.51. The predicted molar refractivity (Wildman–Crippen MR) is 68.3 cm³/mol. The smallest absolute Gasteiger partial charge is 0.263 e. The molecule has 1 aliphatic rings. The van der Waals surface area contributed by atoms with E-state index in [1.54, 1.807) is 0 Å². The molecule has 1 fully saturated rings. The van der Waals surface area contributed by atoms with Crippen molar-refractivity contribution in [3.05, 3.63) is 40.2 Å². The fourth-order valence-electron chi connectivity index (χ4n) is 1.40. The first-order valence-electron chi connectivity index (χ1n) is 4.81. The molecule has 1 heterocycles. The molecule has 0 atom stereocenters. The second-order valence-corrected chi connectivity index (χ2v) is 4.25. The number of hydrogen-bond donors (Lipinski definition) is 2. The van der Waals surface area contributed by atoms with Gasteiger partial charge in [-0.25, -0.2) is 4.39 Å². The van der Waals surface area contributed by atoms with E-state index in [0.29, 0.717) is 0 Å². The molecular formula is C11H6ClFN2O2S. The number of nitrogens with one attached hydrogen (secondary N) is 2. The molecule has 1 saturated heterocycles. The molecule has 0 radical (unpaired) electrons. The highest BCUT2D eigenvalue weighted by atomic mass is 35.5. The zero-order valence-corrected chi connectivity index (χ0v) is 10.4. The van der Waals surface area contributed by atoms with E-state index >= 15 is 0 Å². The van der Waals surface area contributed by atoms with Crippen molar-refractivity contribution in [2.45, 2.75) is 0 Å². The monoisotopic (exact) mass is 284 g/mol. The van der Waals surface area contributed by atoms with Crippen LogP contribution >= 0.6 is 23.8 Å². The van der Waals surface area contributed by atoms with Crippen LogP contribution in [0.4, 0.5) is 4.39 Å². The van der Waals surface area contributed by atoms with E-state index in [1.807, 2.05) is 0 Å². The Morgan fingerprint density at radius 1 is 1.22 bits per heavy atom. The van der Waals surface area contributed by atoms with E-state index in [2.05, 4.69) is 22.9 Å². The van der Waals surface area contributed by atoms with Crippen LogP contribution in [-0.2, 0) is 9.59 Å². The summed E-state index contributed by atoms with van der Waals surface area (Å²) < 4.78 is 13.5. The first kappa shape index (κ1) is 12.7. The van der Waals surface area contributed by atoms with Crippen LogP contribution in [0.1, 0.15) is 5.56 Å². The van der Waals surface area contributed by atoms with Crippen LogP contribution in [0.3, 0.4) is 0 Å². The lowest BCUT2D eigenvalue weighted by molar-refractivity contribution is -0.123. The number of amides is 2. The summed E-state index contributed by atoms with van der Waals surface area (Å²) in [5.74, 6) is -2.00. The number of hydrogen-bond acceptors (Lipinski definition) is 3. The van der Waals surface area contributed by atoms with Gasteiger partial charge in [0.2, 0.25) is 0 Å². The Hall–Kier alpha value is -1.79. The Balaban J connectivity index is 2.47. The zero-order valence-electron chi connectivity index (χ0n) is 8.79. The molecule has 0 saturated carbocycles. The molecule has 0 aromatic heterocycles. The normalized spacial score (nSPS) is 15.2. The third kappa shape index (κ3) is 2.39. The van der Waals surface area contributed by atoms with E-state index in [1.165, 1.54) is 18.2 Å². The van der Waals surface area contributed by atoms with Gasteiger partial charge in [-0.05, 0) is 30.4 Å². The minimum absolute atomic E-state index is 0.0210. The summed E-state index contributed by atoms with van der Waals surface area (Å²) in [6, 6.07) is 4.07. The Morgan fingerprint density at radius 2 is 1.83 bits per heavy atom. The lowest BCUT2D eigenvalue weighted by atomic mass is 10.1. The van der Waals surface area contributed by atoms with E-state index in [-0.39, 0.29) is 21.3 Å². The van der Waals surface area contributed by atoms with E-state index in [0.717, 1.165) is 6.08 Å². The second kappa shape index (κ2) is 4.83. The van der Waals surface area contributed by atoms with Gasteiger partial charge in [0.15, 0.2) is 5.11 Å². The molecule has 2 N–H and O–H groups in total. The van der Waals surface area contributed by atoms with Crippen LogP contribution < -0.4 is 10.6 Å². The average molecular weight is 285 g/mol. The van der Waals surface area contributed by atoms with Gasteiger partial charge in [-0.2, -0.15) is 0 Å². The number of carbonyl (C=O) groups is 2. The van der Waals surface area contributed by atoms with Gasteiger partial charge in [0, 0.05) is 5.56 Å². The third-order valence-corrected chi connectivity index (χ3v) is 2.77. The lowest BCUT2D eigenvalue weighted by Gasteiger charge is -2.16. The van der Waals surface area contributed by atoms with Crippen LogP contribution in [0.25, 0.3) is 6.08 Å². The highest BCUT2D eigenvalue weighted by Gasteiger charge is 2.26. The Bertz CT molecular complexity index is 558. The molecule has 1 aromatic rings. The largest absolute Gasteiger partial charge is 0.299 e. The van der Waals surface area contributed by atoms with Crippen LogP contribution in [0.5, 0.6) is 0 Å². The van der Waals surface area contributed by atoms with Crippen molar-refractivity contribution in [3.63, 3.8) is 0 Å². The van der Waals surface area contributed by atoms with Crippen molar-refractivity contribution in [1.29, 1.82) is 0 Å². The summed E-state index contributed by atoms with van der Waals surface area (Å²) in [6.07, 6.45) is 1.09. The summed E-state index contributed by atoms with van der Waals surface area (Å²) in [4.78, 5) is 23.1. The fraction of sp³-hybridized carbons (Fsp3) is 0. The topological polar surface area (TPSA) is 58.2 Å². The summed E-state index contributed by atoms with van der Waals surface area (Å²) in [5, 5.41) is 4.52. The van der Waals surface area contributed by atoms with Crippen molar-refractivity contribution in [3.8, 4) is 0 Å². The average Bonchev–Trinajstić information content (AvgIpc) is 2.26. The van der Waals surface area contributed by atoms with Crippen LogP contribution in [0.2, 0.25) is 5.02 Å². The van der Waals surface area contributed by atoms with Gasteiger partial charge in [-0.1, -0.05) is 17.7 Å². The maximum absolute atomic E-state index is 13.5. The molecule has 0 spiro atoms. The Morgan fingerprint density at radius 3 is 2.39 bits per heavy atom. The molecule has 0 bridgehead atoms. The van der Waals surface area contributed by atoms with Crippen LogP contribution in [-0.4, -0.2) is 16.9 Å². The number of halogens is 2. The Kier molecular flexibility index (Phi) is 3.40.